The van der Waals surface area contributed by atoms with E-state index < -0.39 is 0 Å². The molecular weight excluding hydrogens is 346 g/mol. The summed E-state index contributed by atoms with van der Waals surface area (Å²) in [5.41, 5.74) is 3.93. The van der Waals surface area contributed by atoms with Gasteiger partial charge in [0.25, 0.3) is 0 Å². The van der Waals surface area contributed by atoms with Crippen molar-refractivity contribution >= 4 is 23.4 Å². The van der Waals surface area contributed by atoms with Gasteiger partial charge in [0.1, 0.15) is 11.4 Å². The average molecular weight is 367 g/mol. The summed E-state index contributed by atoms with van der Waals surface area (Å²) in [5, 5.41) is 8.14. The van der Waals surface area contributed by atoms with E-state index in [0.29, 0.717) is 5.82 Å². The fourth-order valence-electron chi connectivity index (χ4n) is 2.66. The molecule has 0 aliphatic rings. The van der Waals surface area contributed by atoms with Gasteiger partial charge in [-0.2, -0.15) is 5.10 Å². The molecule has 3 rings (SSSR count). The van der Waals surface area contributed by atoms with Crippen molar-refractivity contribution in [2.45, 2.75) is 32.2 Å². The Kier molecular flexibility index (Phi) is 5.68. The van der Waals surface area contributed by atoms with Gasteiger partial charge in [-0.05, 0) is 38.0 Å². The van der Waals surface area contributed by atoms with E-state index in [1.165, 1.54) is 18.1 Å². The highest BCUT2D eigenvalue weighted by Gasteiger charge is 2.10. The van der Waals surface area contributed by atoms with Crippen molar-refractivity contribution < 1.29 is 4.79 Å². The lowest BCUT2D eigenvalue weighted by Gasteiger charge is -2.09. The number of rotatable bonds is 6. The molecule has 2 heterocycles. The van der Waals surface area contributed by atoms with Crippen LogP contribution in [0.2, 0.25) is 0 Å². The second kappa shape index (κ2) is 8.14. The molecule has 0 saturated heterocycles. The maximum Gasteiger partial charge on any atom is 0.234 e. The summed E-state index contributed by atoms with van der Waals surface area (Å²) in [7, 11) is 0. The fourth-order valence-corrected chi connectivity index (χ4v) is 3.32. The predicted molar refractivity (Wildman–Crippen MR) is 104 cm³/mol. The summed E-state index contributed by atoms with van der Waals surface area (Å²) in [5.74, 6) is 0.929. The Morgan fingerprint density at radius 2 is 2.00 bits per heavy atom. The van der Waals surface area contributed by atoms with Crippen LogP contribution < -0.4 is 5.32 Å². The smallest absolute Gasteiger partial charge is 0.234 e. The van der Waals surface area contributed by atoms with E-state index in [4.69, 9.17) is 0 Å². The molecule has 1 N–H and O–H groups in total. The van der Waals surface area contributed by atoms with Crippen molar-refractivity contribution in [2.24, 2.45) is 0 Å². The highest BCUT2D eigenvalue weighted by molar-refractivity contribution is 7.99. The third kappa shape index (κ3) is 4.29. The molecule has 3 aromatic rings. The van der Waals surface area contributed by atoms with Gasteiger partial charge >= 0.3 is 0 Å². The third-order valence-corrected chi connectivity index (χ3v) is 4.80. The second-order valence-corrected chi connectivity index (χ2v) is 6.90. The summed E-state index contributed by atoms with van der Waals surface area (Å²) < 4.78 is 1.78. The summed E-state index contributed by atoms with van der Waals surface area (Å²) in [6, 6.07) is 11.7. The van der Waals surface area contributed by atoms with Gasteiger partial charge in [0, 0.05) is 17.4 Å². The van der Waals surface area contributed by atoms with Crippen LogP contribution in [0.1, 0.15) is 23.9 Å². The number of carbonyl (C=O) groups excluding carboxylic acids is 1. The quantitative estimate of drug-likeness (QED) is 0.533. The van der Waals surface area contributed by atoms with Crippen molar-refractivity contribution in [3.05, 3.63) is 59.7 Å². The molecule has 2 aromatic heterocycles. The van der Waals surface area contributed by atoms with Crippen molar-refractivity contribution in [2.75, 3.05) is 11.1 Å². The van der Waals surface area contributed by atoms with Gasteiger partial charge in [0.2, 0.25) is 5.91 Å². The number of carbonyl (C=O) groups is 1. The summed E-state index contributed by atoms with van der Waals surface area (Å²) in [6.45, 7) is 5.99. The molecule has 7 heteroatoms. The van der Waals surface area contributed by atoms with Gasteiger partial charge in [0.15, 0.2) is 5.82 Å². The number of anilines is 1. The van der Waals surface area contributed by atoms with E-state index >= 15 is 0 Å². The van der Waals surface area contributed by atoms with Crippen LogP contribution in [0.3, 0.4) is 0 Å². The van der Waals surface area contributed by atoms with E-state index in [-0.39, 0.29) is 11.7 Å². The number of nitrogens with one attached hydrogen (secondary N) is 1. The minimum atomic E-state index is -0.0535. The Morgan fingerprint density at radius 1 is 1.19 bits per heavy atom. The second-order valence-electron chi connectivity index (χ2n) is 5.90. The molecular formula is C19H21N5OS. The molecule has 0 atom stereocenters. The first kappa shape index (κ1) is 18.1. The average Bonchev–Trinajstić information content (AvgIpc) is 2.99. The minimum absolute atomic E-state index is 0.0535. The number of para-hydroxylation sites is 1. The van der Waals surface area contributed by atoms with Crippen LogP contribution in [0.4, 0.5) is 5.69 Å². The van der Waals surface area contributed by atoms with Crippen molar-refractivity contribution in [1.82, 2.24) is 19.7 Å². The van der Waals surface area contributed by atoms with E-state index in [2.05, 4.69) is 27.3 Å². The summed E-state index contributed by atoms with van der Waals surface area (Å²) in [4.78, 5) is 20.8. The first-order valence-corrected chi connectivity index (χ1v) is 9.41. The molecule has 1 amide bonds. The molecule has 0 aliphatic carbocycles. The van der Waals surface area contributed by atoms with E-state index in [1.54, 1.807) is 4.68 Å². The van der Waals surface area contributed by atoms with Crippen LogP contribution in [-0.2, 0) is 11.2 Å². The number of aromatic nitrogens is 4. The Bertz CT molecular complexity index is 922. The maximum atomic E-state index is 12.3. The van der Waals surface area contributed by atoms with E-state index in [0.717, 1.165) is 34.1 Å². The molecule has 0 bridgehead atoms. The largest absolute Gasteiger partial charge is 0.325 e. The van der Waals surface area contributed by atoms with Crippen LogP contribution in [0.25, 0.3) is 5.82 Å². The van der Waals surface area contributed by atoms with E-state index in [1.807, 2.05) is 50.2 Å². The molecule has 134 valence electrons. The van der Waals surface area contributed by atoms with Gasteiger partial charge in [0.05, 0.1) is 11.4 Å². The number of hydrogen-bond acceptors (Lipinski definition) is 5. The highest BCUT2D eigenvalue weighted by atomic mass is 32.2. The summed E-state index contributed by atoms with van der Waals surface area (Å²) >= 11 is 1.38. The minimum Gasteiger partial charge on any atom is -0.325 e. The first-order chi connectivity index (χ1) is 12.6. The normalized spacial score (nSPS) is 10.7. The third-order valence-electron chi connectivity index (χ3n) is 3.88. The number of nitrogens with zero attached hydrogens (tertiary/aromatic N) is 4. The van der Waals surface area contributed by atoms with Gasteiger partial charge in [-0.3, -0.25) is 4.79 Å². The fraction of sp³-hybridized carbons (Fsp3) is 0.263. The molecule has 0 spiro atoms. The zero-order valence-electron chi connectivity index (χ0n) is 15.1. The Hall–Kier alpha value is -2.67. The standard InChI is InChI=1S/C19H21N5OS/c1-4-15-7-5-6-8-16(15)22-18(25)11-26-19-10-17(20-12-21-19)24-14(3)9-13(2)23-24/h5-10,12H,4,11H2,1-3H3,(H,22,25). The monoisotopic (exact) mass is 367 g/mol. The maximum absolute atomic E-state index is 12.3. The van der Waals surface area contributed by atoms with Gasteiger partial charge in [-0.1, -0.05) is 36.9 Å². The van der Waals surface area contributed by atoms with E-state index in [9.17, 15) is 4.79 Å². The number of hydrogen-bond donors (Lipinski definition) is 1. The molecule has 1 aromatic carbocycles. The first-order valence-electron chi connectivity index (χ1n) is 8.43. The lowest BCUT2D eigenvalue weighted by atomic mass is 10.1. The lowest BCUT2D eigenvalue weighted by Crippen LogP contribution is -2.15. The Morgan fingerprint density at radius 3 is 2.73 bits per heavy atom. The van der Waals surface area contributed by atoms with Gasteiger partial charge in [-0.25, -0.2) is 14.6 Å². The molecule has 26 heavy (non-hydrogen) atoms. The molecule has 0 fully saturated rings. The molecule has 0 radical (unpaired) electrons. The number of aryl methyl sites for hydroxylation is 3. The Labute approximate surface area is 157 Å². The van der Waals surface area contributed by atoms with Crippen LogP contribution in [0, 0.1) is 13.8 Å². The molecule has 0 unspecified atom stereocenters. The predicted octanol–water partition coefficient (Wildman–Crippen LogP) is 3.57. The number of thioether (sulfide) groups is 1. The Balaban J connectivity index is 1.65. The van der Waals surface area contributed by atoms with Crippen molar-refractivity contribution in [1.29, 1.82) is 0 Å². The van der Waals surface area contributed by atoms with Crippen LogP contribution >= 0.6 is 11.8 Å². The molecule has 0 aliphatic heterocycles. The number of amides is 1. The zero-order chi connectivity index (χ0) is 18.5. The molecule has 0 saturated carbocycles. The molecule has 6 nitrogen and oxygen atoms in total. The van der Waals surface area contributed by atoms with Gasteiger partial charge < -0.3 is 5.32 Å². The number of benzene rings is 1. The zero-order valence-corrected chi connectivity index (χ0v) is 15.9. The van der Waals surface area contributed by atoms with Crippen LogP contribution in [0.5, 0.6) is 0 Å². The lowest BCUT2D eigenvalue weighted by molar-refractivity contribution is -0.113. The topological polar surface area (TPSA) is 72.7 Å². The van der Waals surface area contributed by atoms with Crippen molar-refractivity contribution in [3.63, 3.8) is 0 Å². The van der Waals surface area contributed by atoms with Crippen molar-refractivity contribution in [3.8, 4) is 5.82 Å². The van der Waals surface area contributed by atoms with Crippen LogP contribution in [-0.4, -0.2) is 31.4 Å². The van der Waals surface area contributed by atoms with Gasteiger partial charge in [-0.15, -0.1) is 0 Å². The SMILES string of the molecule is CCc1ccccc1NC(=O)CSc1cc(-n2nc(C)cc2C)ncn1. The van der Waals surface area contributed by atoms with Crippen LogP contribution in [0.15, 0.2) is 47.8 Å². The highest BCUT2D eigenvalue weighted by Crippen LogP contribution is 2.20. The summed E-state index contributed by atoms with van der Waals surface area (Å²) in [6.07, 6.45) is 2.37.